The van der Waals surface area contributed by atoms with Crippen LogP contribution in [0.2, 0.25) is 0 Å². The van der Waals surface area contributed by atoms with Crippen LogP contribution in [0.1, 0.15) is 13.3 Å². The number of nitrogens with two attached hydrogens (primary N) is 1. The van der Waals surface area contributed by atoms with Crippen LogP contribution in [0.5, 0.6) is 0 Å². The van der Waals surface area contributed by atoms with Crippen LogP contribution in [0.25, 0.3) is 0 Å². The van der Waals surface area contributed by atoms with Crippen molar-refractivity contribution in [1.29, 1.82) is 0 Å². The summed E-state index contributed by atoms with van der Waals surface area (Å²) in [5.74, 6) is -0.464. The van der Waals surface area contributed by atoms with Gasteiger partial charge >= 0.3 is 0 Å². The van der Waals surface area contributed by atoms with Crippen molar-refractivity contribution in [3.63, 3.8) is 0 Å². The highest BCUT2D eigenvalue weighted by Crippen LogP contribution is 2.06. The molecule has 0 saturated heterocycles. The van der Waals surface area contributed by atoms with E-state index < -0.39 is 0 Å². The normalized spacial score (nSPS) is 22.6. The number of hydrogen-bond donors (Lipinski definition) is 1. The van der Waals surface area contributed by atoms with E-state index in [0.717, 1.165) is 13.0 Å². The van der Waals surface area contributed by atoms with Crippen molar-refractivity contribution >= 4 is 12.1 Å². The Morgan fingerprint density at radius 1 is 1.91 bits per heavy atom. The molecule has 1 amide bonds. The second kappa shape index (κ2) is 3.37. The summed E-state index contributed by atoms with van der Waals surface area (Å²) in [6.45, 7) is 3.64. The Bertz CT molecular complexity index is 179. The Labute approximate surface area is 66.0 Å². The quantitative estimate of drug-likeness (QED) is 0.613. The van der Waals surface area contributed by atoms with E-state index in [1.807, 2.05) is 5.01 Å². The van der Waals surface area contributed by atoms with Gasteiger partial charge in [-0.3, -0.25) is 9.80 Å². The molecule has 1 aliphatic heterocycles. The lowest BCUT2D eigenvalue weighted by Crippen LogP contribution is -2.29. The third kappa shape index (κ3) is 1.93. The van der Waals surface area contributed by atoms with Crippen LogP contribution in [0.4, 0.5) is 0 Å². The molecular formula is C7H13N3O. The second-order valence-corrected chi connectivity index (χ2v) is 2.69. The van der Waals surface area contributed by atoms with Gasteiger partial charge in [-0.2, -0.15) is 5.10 Å². The van der Waals surface area contributed by atoms with Crippen molar-refractivity contribution in [2.75, 3.05) is 13.1 Å². The average Bonchev–Trinajstić information content (AvgIpc) is 2.37. The summed E-state index contributed by atoms with van der Waals surface area (Å²) >= 11 is 0. The van der Waals surface area contributed by atoms with Crippen LogP contribution < -0.4 is 5.73 Å². The van der Waals surface area contributed by atoms with Gasteiger partial charge in [-0.15, -0.1) is 0 Å². The highest BCUT2D eigenvalue weighted by molar-refractivity contribution is 5.93. The lowest BCUT2D eigenvalue weighted by molar-refractivity contribution is -0.119. The smallest absolute Gasteiger partial charge is 0.227 e. The summed E-state index contributed by atoms with van der Waals surface area (Å²) in [6.07, 6.45) is 2.67. The summed E-state index contributed by atoms with van der Waals surface area (Å²) in [7, 11) is 0. The van der Waals surface area contributed by atoms with E-state index in [1.165, 1.54) is 0 Å². The molecule has 1 atom stereocenters. The molecule has 0 aromatic rings. The summed E-state index contributed by atoms with van der Waals surface area (Å²) in [5, 5.41) is 5.91. The number of carbonyl (C=O) groups excluding carboxylic acids is 1. The Morgan fingerprint density at radius 3 is 3.09 bits per heavy atom. The van der Waals surface area contributed by atoms with Crippen LogP contribution in [0, 0.1) is 5.92 Å². The molecule has 2 N–H and O–H groups in total. The third-order valence-electron chi connectivity index (χ3n) is 1.66. The summed E-state index contributed by atoms with van der Waals surface area (Å²) in [4.78, 5) is 10.7. The summed E-state index contributed by atoms with van der Waals surface area (Å²) < 4.78 is 0. The van der Waals surface area contributed by atoms with Crippen molar-refractivity contribution in [3.8, 4) is 0 Å². The molecule has 1 rings (SSSR count). The van der Waals surface area contributed by atoms with Crippen LogP contribution >= 0.6 is 0 Å². The molecule has 0 fully saturated rings. The van der Waals surface area contributed by atoms with E-state index >= 15 is 0 Å². The highest BCUT2D eigenvalue weighted by atomic mass is 16.1. The first kappa shape index (κ1) is 8.04. The summed E-state index contributed by atoms with van der Waals surface area (Å²) in [5.41, 5.74) is 5.10. The molecule has 1 unspecified atom stereocenters. The molecule has 0 aliphatic carbocycles. The zero-order valence-electron chi connectivity index (χ0n) is 6.66. The summed E-state index contributed by atoms with van der Waals surface area (Å²) in [6, 6.07) is 0. The molecule has 4 heteroatoms. The minimum absolute atomic E-state index is 0.179. The van der Waals surface area contributed by atoms with Gasteiger partial charge in [0.1, 0.15) is 0 Å². The molecule has 0 bridgehead atoms. The molecule has 1 aliphatic rings. The van der Waals surface area contributed by atoms with E-state index in [2.05, 4.69) is 12.0 Å². The Morgan fingerprint density at radius 2 is 2.64 bits per heavy atom. The minimum atomic E-state index is -0.285. The van der Waals surface area contributed by atoms with Crippen molar-refractivity contribution in [1.82, 2.24) is 5.01 Å². The lowest BCUT2D eigenvalue weighted by Gasteiger charge is -2.12. The van der Waals surface area contributed by atoms with E-state index in [-0.39, 0.29) is 11.8 Å². The average molecular weight is 155 g/mol. The fourth-order valence-corrected chi connectivity index (χ4v) is 1.07. The first-order valence-corrected chi connectivity index (χ1v) is 3.82. The lowest BCUT2D eigenvalue weighted by atomic mass is 10.2. The largest absolute Gasteiger partial charge is 0.369 e. The maximum atomic E-state index is 10.7. The number of hydrazone groups is 1. The molecule has 1 heterocycles. The molecule has 0 spiro atoms. The van der Waals surface area contributed by atoms with Crippen molar-refractivity contribution in [2.24, 2.45) is 16.8 Å². The van der Waals surface area contributed by atoms with Gasteiger partial charge in [0, 0.05) is 12.8 Å². The monoisotopic (exact) mass is 155 g/mol. The van der Waals surface area contributed by atoms with Gasteiger partial charge in [-0.05, 0) is 6.42 Å². The molecule has 0 radical (unpaired) electrons. The second-order valence-electron chi connectivity index (χ2n) is 2.69. The number of primary amides is 1. The van der Waals surface area contributed by atoms with Gasteiger partial charge < -0.3 is 5.73 Å². The maximum Gasteiger partial charge on any atom is 0.227 e. The van der Waals surface area contributed by atoms with E-state index in [0.29, 0.717) is 6.54 Å². The van der Waals surface area contributed by atoms with Crippen LogP contribution in [-0.2, 0) is 4.79 Å². The molecule has 4 nitrogen and oxygen atoms in total. The molecule has 11 heavy (non-hydrogen) atoms. The molecule has 0 saturated carbocycles. The van der Waals surface area contributed by atoms with Gasteiger partial charge in [0.05, 0.1) is 12.5 Å². The van der Waals surface area contributed by atoms with Crippen molar-refractivity contribution in [2.45, 2.75) is 13.3 Å². The number of rotatable bonds is 3. The number of amides is 1. The number of carbonyl (C=O) groups is 1. The van der Waals surface area contributed by atoms with Crippen LogP contribution in [0.3, 0.4) is 0 Å². The predicted octanol–water partition coefficient (Wildman–Crippen LogP) is -0.201. The minimum Gasteiger partial charge on any atom is -0.369 e. The molecule has 62 valence electrons. The SMILES string of the molecule is CCCN1CC(C(N)=O)C=N1. The topological polar surface area (TPSA) is 58.7 Å². The van der Waals surface area contributed by atoms with Gasteiger partial charge in [0.15, 0.2) is 0 Å². The third-order valence-corrected chi connectivity index (χ3v) is 1.66. The van der Waals surface area contributed by atoms with Crippen LogP contribution in [0.15, 0.2) is 5.10 Å². The van der Waals surface area contributed by atoms with E-state index in [4.69, 9.17) is 5.73 Å². The Hall–Kier alpha value is -1.06. The van der Waals surface area contributed by atoms with Crippen molar-refractivity contribution in [3.05, 3.63) is 0 Å². The number of hydrogen-bond acceptors (Lipinski definition) is 3. The first-order chi connectivity index (χ1) is 5.24. The van der Waals surface area contributed by atoms with Crippen molar-refractivity contribution < 1.29 is 4.79 Å². The fraction of sp³-hybridized carbons (Fsp3) is 0.714. The van der Waals surface area contributed by atoms with Gasteiger partial charge in [0.2, 0.25) is 5.91 Å². The zero-order valence-corrected chi connectivity index (χ0v) is 6.66. The van der Waals surface area contributed by atoms with Gasteiger partial charge in [-0.1, -0.05) is 6.92 Å². The molecular weight excluding hydrogens is 142 g/mol. The Balaban J connectivity index is 2.36. The van der Waals surface area contributed by atoms with E-state index in [1.54, 1.807) is 6.21 Å². The Kier molecular flexibility index (Phi) is 2.46. The van der Waals surface area contributed by atoms with Crippen LogP contribution in [-0.4, -0.2) is 30.2 Å². The molecule has 0 aromatic heterocycles. The fourth-order valence-electron chi connectivity index (χ4n) is 1.07. The first-order valence-electron chi connectivity index (χ1n) is 3.82. The van der Waals surface area contributed by atoms with E-state index in [9.17, 15) is 4.79 Å². The number of nitrogens with zero attached hydrogens (tertiary/aromatic N) is 2. The standard InChI is InChI=1S/C7H13N3O/c1-2-3-10-5-6(4-9-10)7(8)11/h4,6H,2-3,5H2,1H3,(H2,8,11). The zero-order chi connectivity index (χ0) is 8.27. The molecule has 0 aromatic carbocycles. The predicted molar refractivity (Wildman–Crippen MR) is 43.0 cm³/mol. The highest BCUT2D eigenvalue weighted by Gasteiger charge is 2.21. The maximum absolute atomic E-state index is 10.7. The van der Waals surface area contributed by atoms with Gasteiger partial charge in [0.25, 0.3) is 0 Å². The van der Waals surface area contributed by atoms with Gasteiger partial charge in [-0.25, -0.2) is 0 Å².